The summed E-state index contributed by atoms with van der Waals surface area (Å²) in [6.45, 7) is 5.66. The van der Waals surface area contributed by atoms with Gasteiger partial charge in [-0.05, 0) is 42.2 Å². The van der Waals surface area contributed by atoms with Crippen LogP contribution in [0.5, 0.6) is 5.75 Å². The number of allylic oxidation sites excluding steroid dienone is 1. The first-order valence-electron chi connectivity index (χ1n) is 5.41. The molecular formula is C14H18O2. The van der Waals surface area contributed by atoms with Crippen molar-refractivity contribution in [3.05, 3.63) is 35.4 Å². The van der Waals surface area contributed by atoms with Crippen LogP contribution in [-0.2, 0) is 4.79 Å². The summed E-state index contributed by atoms with van der Waals surface area (Å²) in [5.41, 5.74) is 1.88. The van der Waals surface area contributed by atoms with Gasteiger partial charge in [0, 0.05) is 0 Å². The van der Waals surface area contributed by atoms with Crippen LogP contribution in [-0.4, -0.2) is 12.9 Å². The number of hydrogen-bond donors (Lipinski definition) is 0. The van der Waals surface area contributed by atoms with Crippen LogP contribution in [0.25, 0.3) is 6.08 Å². The van der Waals surface area contributed by atoms with E-state index in [0.29, 0.717) is 0 Å². The molecular weight excluding hydrogens is 200 g/mol. The van der Waals surface area contributed by atoms with E-state index in [1.54, 1.807) is 14.0 Å². The molecule has 0 spiro atoms. The molecule has 0 radical (unpaired) electrons. The number of carbonyl (C=O) groups excluding carboxylic acids is 1. The van der Waals surface area contributed by atoms with E-state index in [1.807, 2.05) is 44.2 Å². The first kappa shape index (κ1) is 12.5. The van der Waals surface area contributed by atoms with Gasteiger partial charge >= 0.3 is 0 Å². The van der Waals surface area contributed by atoms with E-state index in [2.05, 4.69) is 0 Å². The summed E-state index contributed by atoms with van der Waals surface area (Å²) in [5.74, 6) is 1.21. The van der Waals surface area contributed by atoms with Gasteiger partial charge in [0.05, 0.1) is 7.11 Å². The van der Waals surface area contributed by atoms with Crippen molar-refractivity contribution in [1.29, 1.82) is 0 Å². The van der Waals surface area contributed by atoms with E-state index in [-0.39, 0.29) is 11.7 Å². The second-order valence-electron chi connectivity index (χ2n) is 4.08. The maximum atomic E-state index is 11.4. The van der Waals surface area contributed by atoms with E-state index < -0.39 is 0 Å². The van der Waals surface area contributed by atoms with Crippen molar-refractivity contribution < 1.29 is 9.53 Å². The van der Waals surface area contributed by atoms with E-state index >= 15 is 0 Å². The first-order valence-corrected chi connectivity index (χ1v) is 5.41. The molecule has 0 amide bonds. The van der Waals surface area contributed by atoms with E-state index in [9.17, 15) is 4.79 Å². The summed E-state index contributed by atoms with van der Waals surface area (Å²) in [6.07, 6.45) is 1.94. The van der Waals surface area contributed by atoms with Gasteiger partial charge in [0.2, 0.25) is 0 Å². The number of benzene rings is 1. The van der Waals surface area contributed by atoms with Gasteiger partial charge in [-0.3, -0.25) is 4.79 Å². The monoisotopic (exact) mass is 218 g/mol. The van der Waals surface area contributed by atoms with Gasteiger partial charge in [-0.1, -0.05) is 26.0 Å². The minimum absolute atomic E-state index is 0.130. The van der Waals surface area contributed by atoms with Crippen LogP contribution in [0.4, 0.5) is 0 Å². The van der Waals surface area contributed by atoms with Crippen molar-refractivity contribution in [3.63, 3.8) is 0 Å². The number of ether oxygens (including phenoxy) is 1. The molecule has 0 atom stereocenters. The van der Waals surface area contributed by atoms with Crippen LogP contribution in [0.1, 0.15) is 26.3 Å². The summed E-state index contributed by atoms with van der Waals surface area (Å²) < 4.78 is 5.08. The fourth-order valence-corrected chi connectivity index (χ4v) is 1.55. The first-order chi connectivity index (χ1) is 7.54. The lowest BCUT2D eigenvalue weighted by Crippen LogP contribution is -2.03. The highest BCUT2D eigenvalue weighted by Crippen LogP contribution is 2.18. The van der Waals surface area contributed by atoms with Crippen molar-refractivity contribution in [2.45, 2.75) is 20.8 Å². The number of carbonyl (C=O) groups is 1. The molecule has 0 aliphatic rings. The van der Waals surface area contributed by atoms with Gasteiger partial charge in [-0.25, -0.2) is 0 Å². The van der Waals surface area contributed by atoms with Crippen molar-refractivity contribution >= 4 is 11.9 Å². The molecule has 1 aromatic carbocycles. The zero-order valence-corrected chi connectivity index (χ0v) is 10.3. The Balaban J connectivity index is 2.99. The third kappa shape index (κ3) is 3.23. The molecule has 1 aromatic rings. The minimum Gasteiger partial charge on any atom is -0.497 e. The van der Waals surface area contributed by atoms with Crippen LogP contribution in [0.15, 0.2) is 29.8 Å². The zero-order chi connectivity index (χ0) is 12.1. The fraction of sp³-hybridized carbons (Fsp3) is 0.357. The minimum atomic E-state index is 0.130. The highest BCUT2D eigenvalue weighted by atomic mass is 16.5. The van der Waals surface area contributed by atoms with Gasteiger partial charge in [-0.2, -0.15) is 0 Å². The third-order valence-corrected chi connectivity index (χ3v) is 2.47. The van der Waals surface area contributed by atoms with Crippen LogP contribution >= 0.6 is 0 Å². The largest absolute Gasteiger partial charge is 0.497 e. The Bertz CT molecular complexity index is 386. The molecule has 0 aliphatic carbocycles. The van der Waals surface area contributed by atoms with E-state index in [0.717, 1.165) is 16.9 Å². The maximum Gasteiger partial charge on any atom is 0.156 e. The average molecular weight is 218 g/mol. The normalized spacial score (nSPS) is 11.7. The Morgan fingerprint density at radius 1 is 1.25 bits per heavy atom. The Labute approximate surface area is 96.9 Å². The summed E-state index contributed by atoms with van der Waals surface area (Å²) in [5, 5.41) is 0. The Hall–Kier alpha value is -1.57. The number of hydrogen-bond acceptors (Lipinski definition) is 2. The van der Waals surface area contributed by atoms with Crippen LogP contribution in [0.2, 0.25) is 0 Å². The second-order valence-corrected chi connectivity index (χ2v) is 4.08. The molecule has 2 nitrogen and oxygen atoms in total. The molecule has 0 unspecified atom stereocenters. The SMILES string of the molecule is COc1ccc(/C=C(/C(C)=O)C(C)C)cc1. The van der Waals surface area contributed by atoms with E-state index in [4.69, 9.17) is 4.74 Å². The molecule has 0 aliphatic heterocycles. The topological polar surface area (TPSA) is 26.3 Å². The lowest BCUT2D eigenvalue weighted by Gasteiger charge is -2.07. The predicted molar refractivity (Wildman–Crippen MR) is 66.5 cm³/mol. The third-order valence-electron chi connectivity index (χ3n) is 2.47. The lowest BCUT2D eigenvalue weighted by atomic mass is 9.97. The molecule has 0 N–H and O–H groups in total. The van der Waals surface area contributed by atoms with Gasteiger partial charge in [0.1, 0.15) is 5.75 Å². The van der Waals surface area contributed by atoms with Gasteiger partial charge in [0.15, 0.2) is 5.78 Å². The Morgan fingerprint density at radius 3 is 2.19 bits per heavy atom. The molecule has 16 heavy (non-hydrogen) atoms. The molecule has 0 saturated carbocycles. The Kier molecular flexibility index (Phi) is 4.29. The predicted octanol–water partition coefficient (Wildman–Crippen LogP) is 3.32. The molecule has 0 bridgehead atoms. The maximum absolute atomic E-state index is 11.4. The highest BCUT2D eigenvalue weighted by molar-refractivity contribution is 5.98. The van der Waals surface area contributed by atoms with E-state index in [1.165, 1.54) is 0 Å². The van der Waals surface area contributed by atoms with Crippen molar-refractivity contribution in [3.8, 4) is 5.75 Å². The second kappa shape index (κ2) is 5.50. The molecule has 0 aromatic heterocycles. The molecule has 0 saturated heterocycles. The quantitative estimate of drug-likeness (QED) is 0.725. The molecule has 0 heterocycles. The summed E-state index contributed by atoms with van der Waals surface area (Å²) >= 11 is 0. The summed E-state index contributed by atoms with van der Waals surface area (Å²) in [6, 6.07) is 7.68. The van der Waals surface area contributed by atoms with Crippen molar-refractivity contribution in [2.75, 3.05) is 7.11 Å². The number of Topliss-reactive ketones (excluding diaryl/α,β-unsaturated/α-hetero) is 1. The summed E-state index contributed by atoms with van der Waals surface area (Å²) in [4.78, 5) is 11.4. The van der Waals surface area contributed by atoms with Gasteiger partial charge in [0.25, 0.3) is 0 Å². The number of rotatable bonds is 4. The Morgan fingerprint density at radius 2 is 1.81 bits per heavy atom. The van der Waals surface area contributed by atoms with Gasteiger partial charge in [-0.15, -0.1) is 0 Å². The standard InChI is InChI=1S/C14H18O2/c1-10(2)14(11(3)15)9-12-5-7-13(16-4)8-6-12/h5-10H,1-4H3/b14-9+. The zero-order valence-electron chi connectivity index (χ0n) is 10.3. The van der Waals surface area contributed by atoms with Crippen LogP contribution < -0.4 is 4.74 Å². The average Bonchev–Trinajstić information content (AvgIpc) is 2.25. The summed E-state index contributed by atoms with van der Waals surface area (Å²) in [7, 11) is 1.64. The van der Waals surface area contributed by atoms with Crippen LogP contribution in [0.3, 0.4) is 0 Å². The molecule has 2 heteroatoms. The number of ketones is 1. The fourth-order valence-electron chi connectivity index (χ4n) is 1.55. The van der Waals surface area contributed by atoms with Crippen molar-refractivity contribution in [1.82, 2.24) is 0 Å². The highest BCUT2D eigenvalue weighted by Gasteiger charge is 2.08. The van der Waals surface area contributed by atoms with Crippen molar-refractivity contribution in [2.24, 2.45) is 5.92 Å². The van der Waals surface area contributed by atoms with Gasteiger partial charge < -0.3 is 4.74 Å². The molecule has 1 rings (SSSR count). The molecule has 86 valence electrons. The lowest BCUT2D eigenvalue weighted by molar-refractivity contribution is -0.113. The smallest absolute Gasteiger partial charge is 0.156 e. The number of methoxy groups -OCH3 is 1. The van der Waals surface area contributed by atoms with Crippen LogP contribution in [0, 0.1) is 5.92 Å². The molecule has 0 fully saturated rings.